The maximum atomic E-state index is 13.7. The molecule has 1 saturated carbocycles. The number of nitriles is 1. The van der Waals surface area contributed by atoms with Crippen LogP contribution in [0, 0.1) is 23.1 Å². The smallest absolute Gasteiger partial charge is 0.145 e. The molecule has 1 aromatic carbocycles. The predicted octanol–water partition coefficient (Wildman–Crippen LogP) is 1.56. The molecular weight excluding hydrogens is 219 g/mol. The van der Waals surface area contributed by atoms with Crippen molar-refractivity contribution < 1.29 is 9.50 Å². The third-order valence-corrected chi connectivity index (χ3v) is 3.16. The Balaban J connectivity index is 1.85. The zero-order valence-corrected chi connectivity index (χ0v) is 9.49. The second-order valence-electron chi connectivity index (χ2n) is 4.51. The Morgan fingerprint density at radius 2 is 2.24 bits per heavy atom. The number of hydrogen-bond acceptors (Lipinski definition) is 3. The molecule has 2 rings (SSSR count). The first-order valence-electron chi connectivity index (χ1n) is 5.77. The van der Waals surface area contributed by atoms with E-state index >= 15 is 0 Å². The fourth-order valence-corrected chi connectivity index (χ4v) is 2.08. The molecule has 17 heavy (non-hydrogen) atoms. The van der Waals surface area contributed by atoms with Crippen molar-refractivity contribution >= 4 is 0 Å². The van der Waals surface area contributed by atoms with Crippen molar-refractivity contribution in [1.82, 2.24) is 5.32 Å². The van der Waals surface area contributed by atoms with Crippen LogP contribution in [0.2, 0.25) is 0 Å². The summed E-state index contributed by atoms with van der Waals surface area (Å²) in [5, 5.41) is 21.0. The highest BCUT2D eigenvalue weighted by atomic mass is 19.1. The third kappa shape index (κ3) is 2.82. The van der Waals surface area contributed by atoms with Crippen molar-refractivity contribution in [3.05, 3.63) is 35.1 Å². The van der Waals surface area contributed by atoms with Crippen LogP contribution < -0.4 is 5.32 Å². The lowest BCUT2D eigenvalue weighted by atomic mass is 9.82. The molecule has 1 fully saturated rings. The van der Waals surface area contributed by atoms with Gasteiger partial charge in [0.25, 0.3) is 0 Å². The SMILES string of the molecule is N#Cc1cccc(CNCC2CC(O)C2)c1F. The number of benzene rings is 1. The summed E-state index contributed by atoms with van der Waals surface area (Å²) < 4.78 is 13.7. The summed E-state index contributed by atoms with van der Waals surface area (Å²) in [6.45, 7) is 1.21. The minimum atomic E-state index is -0.434. The van der Waals surface area contributed by atoms with E-state index in [1.165, 1.54) is 6.07 Å². The Morgan fingerprint density at radius 1 is 1.47 bits per heavy atom. The zero-order chi connectivity index (χ0) is 12.3. The van der Waals surface area contributed by atoms with E-state index < -0.39 is 5.82 Å². The molecule has 0 saturated heterocycles. The minimum Gasteiger partial charge on any atom is -0.393 e. The fraction of sp³-hybridized carbons (Fsp3) is 0.462. The molecule has 0 unspecified atom stereocenters. The molecule has 1 aliphatic carbocycles. The van der Waals surface area contributed by atoms with Gasteiger partial charge in [0, 0.05) is 12.1 Å². The molecule has 0 radical (unpaired) electrons. The molecule has 0 amide bonds. The Kier molecular flexibility index (Phi) is 3.72. The summed E-state index contributed by atoms with van der Waals surface area (Å²) in [6, 6.07) is 6.67. The van der Waals surface area contributed by atoms with E-state index in [1.54, 1.807) is 12.1 Å². The molecule has 0 spiro atoms. The summed E-state index contributed by atoms with van der Waals surface area (Å²) in [4.78, 5) is 0. The molecule has 0 aromatic heterocycles. The van der Waals surface area contributed by atoms with Crippen molar-refractivity contribution in [1.29, 1.82) is 5.26 Å². The first kappa shape index (κ1) is 12.0. The molecule has 90 valence electrons. The van der Waals surface area contributed by atoms with Crippen LogP contribution in [0.3, 0.4) is 0 Å². The monoisotopic (exact) mass is 234 g/mol. The number of rotatable bonds is 4. The van der Waals surface area contributed by atoms with Crippen molar-refractivity contribution in [2.24, 2.45) is 5.92 Å². The molecule has 1 aliphatic rings. The highest BCUT2D eigenvalue weighted by Crippen LogP contribution is 2.26. The van der Waals surface area contributed by atoms with E-state index in [4.69, 9.17) is 10.4 Å². The van der Waals surface area contributed by atoms with E-state index in [1.807, 2.05) is 6.07 Å². The van der Waals surface area contributed by atoms with Gasteiger partial charge in [-0.15, -0.1) is 0 Å². The molecule has 3 nitrogen and oxygen atoms in total. The van der Waals surface area contributed by atoms with E-state index in [9.17, 15) is 4.39 Å². The predicted molar refractivity (Wildman–Crippen MR) is 61.6 cm³/mol. The molecular formula is C13H15FN2O. The zero-order valence-electron chi connectivity index (χ0n) is 9.49. The van der Waals surface area contributed by atoms with Crippen LogP contribution in [0.4, 0.5) is 4.39 Å². The van der Waals surface area contributed by atoms with Gasteiger partial charge in [0.1, 0.15) is 11.9 Å². The van der Waals surface area contributed by atoms with Gasteiger partial charge in [0.15, 0.2) is 0 Å². The van der Waals surface area contributed by atoms with Gasteiger partial charge >= 0.3 is 0 Å². The molecule has 1 aromatic rings. The highest BCUT2D eigenvalue weighted by Gasteiger charge is 2.26. The van der Waals surface area contributed by atoms with Crippen LogP contribution in [0.5, 0.6) is 0 Å². The van der Waals surface area contributed by atoms with Crippen LogP contribution in [0.1, 0.15) is 24.0 Å². The number of aliphatic hydroxyl groups is 1. The molecule has 0 bridgehead atoms. The summed E-state index contributed by atoms with van der Waals surface area (Å²) >= 11 is 0. The summed E-state index contributed by atoms with van der Waals surface area (Å²) in [6.07, 6.45) is 1.50. The normalized spacial score (nSPS) is 22.9. The quantitative estimate of drug-likeness (QED) is 0.831. The van der Waals surface area contributed by atoms with Gasteiger partial charge in [-0.25, -0.2) is 4.39 Å². The van der Waals surface area contributed by atoms with E-state index in [0.29, 0.717) is 18.0 Å². The Labute approximate surface area is 99.9 Å². The number of hydrogen-bond donors (Lipinski definition) is 2. The minimum absolute atomic E-state index is 0.0865. The van der Waals surface area contributed by atoms with Gasteiger partial charge in [-0.2, -0.15) is 5.26 Å². The van der Waals surface area contributed by atoms with Crippen LogP contribution >= 0.6 is 0 Å². The van der Waals surface area contributed by atoms with E-state index in [-0.39, 0.29) is 11.7 Å². The molecule has 0 atom stereocenters. The first-order chi connectivity index (χ1) is 8.20. The number of halogens is 1. The van der Waals surface area contributed by atoms with Crippen molar-refractivity contribution in [3.8, 4) is 6.07 Å². The lowest BCUT2D eigenvalue weighted by Gasteiger charge is -2.31. The average Bonchev–Trinajstić information content (AvgIpc) is 2.29. The average molecular weight is 234 g/mol. The number of aliphatic hydroxyl groups excluding tert-OH is 1. The summed E-state index contributed by atoms with van der Waals surface area (Å²) in [5.41, 5.74) is 0.604. The molecule has 2 N–H and O–H groups in total. The van der Waals surface area contributed by atoms with Gasteiger partial charge in [-0.3, -0.25) is 0 Å². The highest BCUT2D eigenvalue weighted by molar-refractivity contribution is 5.34. The molecule has 0 aliphatic heterocycles. The van der Waals surface area contributed by atoms with Gasteiger partial charge in [-0.05, 0) is 31.4 Å². The lowest BCUT2D eigenvalue weighted by molar-refractivity contribution is 0.0429. The van der Waals surface area contributed by atoms with E-state index in [2.05, 4.69) is 5.32 Å². The van der Waals surface area contributed by atoms with Crippen molar-refractivity contribution in [2.75, 3.05) is 6.54 Å². The largest absolute Gasteiger partial charge is 0.393 e. The van der Waals surface area contributed by atoms with Gasteiger partial charge in [0.05, 0.1) is 11.7 Å². The maximum absolute atomic E-state index is 13.7. The Hall–Kier alpha value is -1.44. The fourth-order valence-electron chi connectivity index (χ4n) is 2.08. The van der Waals surface area contributed by atoms with Crippen molar-refractivity contribution in [2.45, 2.75) is 25.5 Å². The van der Waals surface area contributed by atoms with Crippen LogP contribution in [-0.4, -0.2) is 17.8 Å². The molecule has 4 heteroatoms. The molecule has 0 heterocycles. The van der Waals surface area contributed by atoms with Gasteiger partial charge in [-0.1, -0.05) is 12.1 Å². The Morgan fingerprint density at radius 3 is 2.88 bits per heavy atom. The van der Waals surface area contributed by atoms with Crippen LogP contribution in [0.15, 0.2) is 18.2 Å². The first-order valence-corrected chi connectivity index (χ1v) is 5.77. The second-order valence-corrected chi connectivity index (χ2v) is 4.51. The van der Waals surface area contributed by atoms with E-state index in [0.717, 1.165) is 19.4 Å². The van der Waals surface area contributed by atoms with Gasteiger partial charge in [0.2, 0.25) is 0 Å². The van der Waals surface area contributed by atoms with Crippen LogP contribution in [-0.2, 0) is 6.54 Å². The number of nitrogens with one attached hydrogen (secondary N) is 1. The van der Waals surface area contributed by atoms with Crippen LogP contribution in [0.25, 0.3) is 0 Å². The third-order valence-electron chi connectivity index (χ3n) is 3.16. The summed E-state index contributed by atoms with van der Waals surface area (Å²) in [7, 11) is 0. The standard InChI is InChI=1S/C13H15FN2O/c14-13-10(6-15)2-1-3-11(13)8-16-7-9-4-12(17)5-9/h1-3,9,12,16-17H,4-5,7-8H2. The van der Waals surface area contributed by atoms with Gasteiger partial charge < -0.3 is 10.4 Å². The topological polar surface area (TPSA) is 56.0 Å². The number of nitrogens with zero attached hydrogens (tertiary/aromatic N) is 1. The summed E-state index contributed by atoms with van der Waals surface area (Å²) in [5.74, 6) is 0.0587. The second kappa shape index (κ2) is 5.26. The Bertz CT molecular complexity index is 436. The van der Waals surface area contributed by atoms with Crippen molar-refractivity contribution in [3.63, 3.8) is 0 Å². The lowest BCUT2D eigenvalue weighted by Crippen LogP contribution is -2.36. The maximum Gasteiger partial charge on any atom is 0.145 e.